The van der Waals surface area contributed by atoms with Crippen molar-refractivity contribution in [1.82, 2.24) is 4.98 Å². The smallest absolute Gasteiger partial charge is 0.266 e. The molecule has 0 saturated carbocycles. The van der Waals surface area contributed by atoms with Gasteiger partial charge in [-0.25, -0.2) is 4.98 Å². The summed E-state index contributed by atoms with van der Waals surface area (Å²) in [7, 11) is 0. The summed E-state index contributed by atoms with van der Waals surface area (Å²) in [6.45, 7) is 3.67. The Balaban J connectivity index is 1.69. The van der Waals surface area contributed by atoms with Gasteiger partial charge in [-0.1, -0.05) is 30.3 Å². The van der Waals surface area contributed by atoms with Crippen LogP contribution in [0.5, 0.6) is 5.75 Å². The third-order valence-electron chi connectivity index (χ3n) is 3.57. The van der Waals surface area contributed by atoms with Crippen LogP contribution in [0.4, 0.5) is 5.82 Å². The minimum Gasteiger partial charge on any atom is -0.481 e. The quantitative estimate of drug-likeness (QED) is 0.794. The van der Waals surface area contributed by atoms with E-state index in [0.717, 1.165) is 16.3 Å². The van der Waals surface area contributed by atoms with Crippen LogP contribution in [0.3, 0.4) is 0 Å². The van der Waals surface area contributed by atoms with Gasteiger partial charge < -0.3 is 10.1 Å². The van der Waals surface area contributed by atoms with E-state index in [1.54, 1.807) is 13.1 Å². The lowest BCUT2D eigenvalue weighted by atomic mass is 10.1. The number of nitrogens with zero attached hydrogens (tertiary/aromatic N) is 1. The van der Waals surface area contributed by atoms with Gasteiger partial charge in [0.25, 0.3) is 5.91 Å². The predicted molar refractivity (Wildman–Crippen MR) is 91.6 cm³/mol. The van der Waals surface area contributed by atoms with Crippen molar-refractivity contribution < 1.29 is 9.53 Å². The van der Waals surface area contributed by atoms with Crippen LogP contribution in [0.2, 0.25) is 0 Å². The molecule has 1 unspecified atom stereocenters. The van der Waals surface area contributed by atoms with Gasteiger partial charge in [0.05, 0.1) is 0 Å². The molecule has 23 heavy (non-hydrogen) atoms. The number of benzene rings is 2. The molecule has 116 valence electrons. The highest BCUT2D eigenvalue weighted by molar-refractivity contribution is 5.93. The number of carbonyl (C=O) groups is 1. The fourth-order valence-electron chi connectivity index (χ4n) is 2.33. The first-order valence-electron chi connectivity index (χ1n) is 7.51. The molecule has 4 nitrogen and oxygen atoms in total. The number of anilines is 1. The van der Waals surface area contributed by atoms with Crippen LogP contribution in [-0.4, -0.2) is 17.0 Å². The Kier molecular flexibility index (Phi) is 4.24. The maximum atomic E-state index is 12.2. The standard InChI is InChI=1S/C19H18N2O2/c1-13-9-10-20-18(11-13)21-19(22)14(2)23-17-8-7-15-5-3-4-6-16(15)12-17/h3-12,14H,1-2H3,(H,20,21,22). The Morgan fingerprint density at radius 1 is 1.09 bits per heavy atom. The monoisotopic (exact) mass is 306 g/mol. The van der Waals surface area contributed by atoms with Crippen molar-refractivity contribution in [3.05, 3.63) is 66.4 Å². The van der Waals surface area contributed by atoms with Crippen molar-refractivity contribution in [2.75, 3.05) is 5.32 Å². The molecule has 4 heteroatoms. The Morgan fingerprint density at radius 3 is 2.65 bits per heavy atom. The molecule has 0 radical (unpaired) electrons. The van der Waals surface area contributed by atoms with E-state index in [2.05, 4.69) is 10.3 Å². The molecule has 3 aromatic rings. The van der Waals surface area contributed by atoms with Crippen LogP contribution < -0.4 is 10.1 Å². The number of carbonyl (C=O) groups excluding carboxylic acids is 1. The predicted octanol–water partition coefficient (Wildman–Crippen LogP) is 3.95. The number of hydrogen-bond donors (Lipinski definition) is 1. The number of aromatic nitrogens is 1. The van der Waals surface area contributed by atoms with E-state index in [1.807, 2.05) is 61.5 Å². The Labute approximate surface area is 135 Å². The number of aryl methyl sites for hydroxylation is 1. The highest BCUT2D eigenvalue weighted by atomic mass is 16.5. The summed E-state index contributed by atoms with van der Waals surface area (Å²) in [6, 6.07) is 17.5. The average molecular weight is 306 g/mol. The fraction of sp³-hybridized carbons (Fsp3) is 0.158. The van der Waals surface area contributed by atoms with Gasteiger partial charge in [0.15, 0.2) is 6.10 Å². The number of amides is 1. The van der Waals surface area contributed by atoms with Crippen LogP contribution in [0.25, 0.3) is 10.8 Å². The van der Waals surface area contributed by atoms with Crippen LogP contribution in [-0.2, 0) is 4.79 Å². The van der Waals surface area contributed by atoms with Gasteiger partial charge in [-0.2, -0.15) is 0 Å². The summed E-state index contributed by atoms with van der Waals surface area (Å²) in [5.74, 6) is 0.976. The molecule has 2 aromatic carbocycles. The van der Waals surface area contributed by atoms with Crippen molar-refractivity contribution in [3.63, 3.8) is 0 Å². The summed E-state index contributed by atoms with van der Waals surface area (Å²) >= 11 is 0. The van der Waals surface area contributed by atoms with Gasteiger partial charge in [0, 0.05) is 6.20 Å². The minimum absolute atomic E-state index is 0.226. The van der Waals surface area contributed by atoms with Crippen molar-refractivity contribution in [2.45, 2.75) is 20.0 Å². The molecule has 1 aromatic heterocycles. The maximum Gasteiger partial charge on any atom is 0.266 e. The summed E-state index contributed by atoms with van der Waals surface area (Å²) in [5, 5.41) is 4.99. The SMILES string of the molecule is Cc1ccnc(NC(=O)C(C)Oc2ccc3ccccc3c2)c1. The molecule has 0 spiro atoms. The van der Waals surface area contributed by atoms with E-state index in [1.165, 1.54) is 0 Å². The van der Waals surface area contributed by atoms with Gasteiger partial charge in [0.2, 0.25) is 0 Å². The molecule has 1 heterocycles. The Bertz CT molecular complexity index is 845. The summed E-state index contributed by atoms with van der Waals surface area (Å²) < 4.78 is 5.75. The van der Waals surface area contributed by atoms with Gasteiger partial charge in [-0.15, -0.1) is 0 Å². The van der Waals surface area contributed by atoms with Crippen molar-refractivity contribution in [3.8, 4) is 5.75 Å². The highest BCUT2D eigenvalue weighted by Crippen LogP contribution is 2.21. The third-order valence-corrected chi connectivity index (χ3v) is 3.57. The first-order valence-corrected chi connectivity index (χ1v) is 7.51. The molecule has 0 bridgehead atoms. The molecule has 0 aliphatic heterocycles. The van der Waals surface area contributed by atoms with Crippen LogP contribution >= 0.6 is 0 Å². The molecular weight excluding hydrogens is 288 g/mol. The lowest BCUT2D eigenvalue weighted by Gasteiger charge is -2.15. The molecule has 1 N–H and O–H groups in total. The van der Waals surface area contributed by atoms with Crippen molar-refractivity contribution in [2.24, 2.45) is 0 Å². The van der Waals surface area contributed by atoms with Gasteiger partial charge >= 0.3 is 0 Å². The zero-order valence-corrected chi connectivity index (χ0v) is 13.1. The summed E-state index contributed by atoms with van der Waals surface area (Å²) in [4.78, 5) is 16.3. The van der Waals surface area contributed by atoms with E-state index in [0.29, 0.717) is 11.6 Å². The zero-order valence-electron chi connectivity index (χ0n) is 13.1. The zero-order chi connectivity index (χ0) is 16.2. The Hall–Kier alpha value is -2.88. The normalized spacial score (nSPS) is 11.9. The lowest BCUT2D eigenvalue weighted by molar-refractivity contribution is -0.122. The molecule has 0 aliphatic rings. The van der Waals surface area contributed by atoms with Crippen LogP contribution in [0, 0.1) is 6.92 Å². The Morgan fingerprint density at radius 2 is 1.87 bits per heavy atom. The molecule has 0 saturated heterocycles. The van der Waals surface area contributed by atoms with E-state index >= 15 is 0 Å². The minimum atomic E-state index is -0.613. The number of nitrogens with one attached hydrogen (secondary N) is 1. The van der Waals surface area contributed by atoms with Crippen LogP contribution in [0.15, 0.2) is 60.8 Å². The van der Waals surface area contributed by atoms with Crippen molar-refractivity contribution in [1.29, 1.82) is 0 Å². The molecule has 3 rings (SSSR count). The number of ether oxygens (including phenoxy) is 1. The maximum absolute atomic E-state index is 12.2. The second-order valence-electron chi connectivity index (χ2n) is 5.48. The van der Waals surface area contributed by atoms with E-state index < -0.39 is 6.10 Å². The summed E-state index contributed by atoms with van der Waals surface area (Å²) in [5.41, 5.74) is 1.04. The number of pyridine rings is 1. The number of rotatable bonds is 4. The molecular formula is C19H18N2O2. The lowest BCUT2D eigenvalue weighted by Crippen LogP contribution is -2.30. The van der Waals surface area contributed by atoms with E-state index in [4.69, 9.17) is 4.74 Å². The number of hydrogen-bond acceptors (Lipinski definition) is 3. The molecule has 0 fully saturated rings. The topological polar surface area (TPSA) is 51.2 Å². The fourth-order valence-corrected chi connectivity index (χ4v) is 2.33. The van der Waals surface area contributed by atoms with E-state index in [-0.39, 0.29) is 5.91 Å². The van der Waals surface area contributed by atoms with Crippen molar-refractivity contribution >= 4 is 22.5 Å². The average Bonchev–Trinajstić information content (AvgIpc) is 2.54. The third kappa shape index (κ3) is 3.66. The van der Waals surface area contributed by atoms with Gasteiger partial charge in [-0.3, -0.25) is 4.79 Å². The first kappa shape index (κ1) is 15.0. The van der Waals surface area contributed by atoms with Crippen LogP contribution in [0.1, 0.15) is 12.5 Å². The number of fused-ring (bicyclic) bond motifs is 1. The van der Waals surface area contributed by atoms with Gasteiger partial charge in [-0.05, 0) is 54.4 Å². The highest BCUT2D eigenvalue weighted by Gasteiger charge is 2.15. The summed E-state index contributed by atoms with van der Waals surface area (Å²) in [6.07, 6.45) is 1.05. The largest absolute Gasteiger partial charge is 0.481 e. The second-order valence-corrected chi connectivity index (χ2v) is 5.48. The first-order chi connectivity index (χ1) is 11.1. The van der Waals surface area contributed by atoms with Gasteiger partial charge in [0.1, 0.15) is 11.6 Å². The molecule has 1 atom stereocenters. The molecule has 0 aliphatic carbocycles. The second kappa shape index (κ2) is 6.48. The van der Waals surface area contributed by atoms with E-state index in [9.17, 15) is 4.79 Å². The molecule has 1 amide bonds.